The zero-order chi connectivity index (χ0) is 25.8. The van der Waals surface area contributed by atoms with E-state index in [1.54, 1.807) is 28.9 Å². The van der Waals surface area contributed by atoms with Crippen LogP contribution in [0.3, 0.4) is 0 Å². The zero-order valence-electron chi connectivity index (χ0n) is 19.1. The number of carbonyl (C=O) groups is 1. The van der Waals surface area contributed by atoms with Crippen LogP contribution in [0.1, 0.15) is 21.6 Å². The molecular formula is C23H21F2N7O3S. The maximum Gasteiger partial charge on any atom is 0.294 e. The molecule has 1 fully saturated rings. The van der Waals surface area contributed by atoms with Crippen molar-refractivity contribution < 1.29 is 23.4 Å². The number of thiocarbonyl (C=S) groups is 1. The van der Waals surface area contributed by atoms with Crippen molar-refractivity contribution in [3.63, 3.8) is 0 Å². The number of hydrogen-bond acceptors (Lipinski definition) is 8. The highest BCUT2D eigenvalue weighted by atomic mass is 32.1. The Morgan fingerprint density at radius 1 is 1.22 bits per heavy atom. The third kappa shape index (κ3) is 5.33. The number of nitriles is 1. The number of hydrogen-bond donors (Lipinski definition) is 2. The summed E-state index contributed by atoms with van der Waals surface area (Å²) in [5.41, 5.74) is 1.39. The number of aryl methyl sites for hydroxylation is 1. The van der Waals surface area contributed by atoms with Crippen molar-refractivity contribution in [3.8, 4) is 17.7 Å². The Labute approximate surface area is 210 Å². The number of piperazine rings is 1. The molecule has 0 unspecified atom stereocenters. The van der Waals surface area contributed by atoms with Crippen LogP contribution >= 0.6 is 12.2 Å². The molecule has 2 heterocycles. The van der Waals surface area contributed by atoms with Gasteiger partial charge in [-0.1, -0.05) is 11.3 Å². The lowest BCUT2D eigenvalue weighted by molar-refractivity contribution is 0.0746. The molecule has 0 saturated carbocycles. The fourth-order valence-electron chi connectivity index (χ4n) is 3.79. The molecule has 36 heavy (non-hydrogen) atoms. The maximum absolute atomic E-state index is 15.0. The molecule has 10 nitrogen and oxygen atoms in total. The van der Waals surface area contributed by atoms with Crippen molar-refractivity contribution in [1.82, 2.24) is 25.2 Å². The van der Waals surface area contributed by atoms with Crippen molar-refractivity contribution >= 4 is 29.0 Å². The summed E-state index contributed by atoms with van der Waals surface area (Å²) in [6.07, 6.45) is 2.90. The molecule has 1 aromatic heterocycles. The minimum atomic E-state index is -0.771. The first-order valence-electron chi connectivity index (χ1n) is 10.8. The van der Waals surface area contributed by atoms with E-state index in [2.05, 4.69) is 20.4 Å². The lowest BCUT2D eigenvalue weighted by Crippen LogP contribution is -2.49. The van der Waals surface area contributed by atoms with Gasteiger partial charge in [0.15, 0.2) is 11.6 Å². The molecule has 0 spiro atoms. The number of ether oxygens (including phenoxy) is 1. The summed E-state index contributed by atoms with van der Waals surface area (Å²) in [6.45, 7) is 2.85. The second kappa shape index (κ2) is 10.5. The van der Waals surface area contributed by atoms with Gasteiger partial charge in [0.05, 0.1) is 18.4 Å². The van der Waals surface area contributed by atoms with Crippen LogP contribution < -0.4 is 10.2 Å². The maximum atomic E-state index is 15.0. The van der Waals surface area contributed by atoms with Crippen molar-refractivity contribution in [3.05, 3.63) is 65.0 Å². The smallest absolute Gasteiger partial charge is 0.294 e. The van der Waals surface area contributed by atoms with Gasteiger partial charge in [-0.3, -0.25) is 4.79 Å². The topological polar surface area (TPSA) is 120 Å². The molecule has 0 aliphatic carbocycles. The monoisotopic (exact) mass is 513 g/mol. The Hall–Kier alpha value is -4.31. The largest absolute Gasteiger partial charge is 0.508 e. The van der Waals surface area contributed by atoms with E-state index in [-0.39, 0.29) is 60.9 Å². The van der Waals surface area contributed by atoms with E-state index < -0.39 is 11.6 Å². The van der Waals surface area contributed by atoms with Crippen molar-refractivity contribution in [2.45, 2.75) is 13.5 Å². The molecule has 1 saturated heterocycles. The van der Waals surface area contributed by atoms with Crippen LogP contribution in [0.4, 0.5) is 14.5 Å². The Balaban J connectivity index is 1.42. The first kappa shape index (κ1) is 24.8. The summed E-state index contributed by atoms with van der Waals surface area (Å²) in [7, 11) is 0. The third-order valence-corrected chi connectivity index (χ3v) is 5.93. The van der Waals surface area contributed by atoms with Gasteiger partial charge in [0.25, 0.3) is 17.3 Å². The Kier molecular flexibility index (Phi) is 7.25. The van der Waals surface area contributed by atoms with Crippen LogP contribution in [0.5, 0.6) is 5.75 Å². The van der Waals surface area contributed by atoms with Gasteiger partial charge < -0.3 is 25.0 Å². The van der Waals surface area contributed by atoms with Gasteiger partial charge in [-0.25, -0.2) is 13.5 Å². The number of anilines is 1. The molecule has 0 bridgehead atoms. The number of aromatic hydroxyl groups is 1. The van der Waals surface area contributed by atoms with Gasteiger partial charge in [0, 0.05) is 43.9 Å². The van der Waals surface area contributed by atoms with Gasteiger partial charge in [0.1, 0.15) is 17.1 Å². The first-order valence-corrected chi connectivity index (χ1v) is 11.3. The number of aromatic nitrogens is 3. The minimum Gasteiger partial charge on any atom is -0.508 e. The highest BCUT2D eigenvalue weighted by Gasteiger charge is 2.26. The highest BCUT2D eigenvalue weighted by Crippen LogP contribution is 2.28. The molecule has 2 N–H and O–H groups in total. The zero-order valence-corrected chi connectivity index (χ0v) is 19.9. The molecule has 13 heteroatoms. The van der Waals surface area contributed by atoms with Crippen LogP contribution in [0.2, 0.25) is 0 Å². The van der Waals surface area contributed by atoms with Crippen molar-refractivity contribution in [2.24, 2.45) is 0 Å². The van der Waals surface area contributed by atoms with Gasteiger partial charge >= 0.3 is 0 Å². The normalized spacial score (nSPS) is 13.3. The van der Waals surface area contributed by atoms with E-state index in [0.29, 0.717) is 16.8 Å². The van der Waals surface area contributed by atoms with Crippen LogP contribution in [-0.4, -0.2) is 62.3 Å². The van der Waals surface area contributed by atoms with Gasteiger partial charge in [-0.2, -0.15) is 0 Å². The van der Waals surface area contributed by atoms with Gasteiger partial charge in [-0.05, 0) is 36.8 Å². The molecule has 1 amide bonds. The Morgan fingerprint density at radius 3 is 2.56 bits per heavy atom. The van der Waals surface area contributed by atoms with E-state index in [9.17, 15) is 9.90 Å². The average molecular weight is 514 g/mol. The number of benzene rings is 2. The van der Waals surface area contributed by atoms with Crippen LogP contribution in [-0.2, 0) is 11.3 Å². The van der Waals surface area contributed by atoms with Crippen LogP contribution in [0.15, 0.2) is 36.5 Å². The Bertz CT molecular complexity index is 1330. The summed E-state index contributed by atoms with van der Waals surface area (Å²) in [5, 5.41) is 28.6. The van der Waals surface area contributed by atoms with Gasteiger partial charge in [0.2, 0.25) is 0 Å². The number of carbonyl (C=O) groups excluding carboxylic acids is 1. The quantitative estimate of drug-likeness (QED) is 0.391. The number of nitrogens with one attached hydrogen (secondary N) is 1. The van der Waals surface area contributed by atoms with E-state index >= 15 is 8.78 Å². The van der Waals surface area contributed by atoms with Crippen molar-refractivity contribution in [1.29, 1.82) is 5.26 Å². The van der Waals surface area contributed by atoms with E-state index in [4.69, 9.17) is 17.5 Å². The fraction of sp³-hybridized carbons (Fsp3) is 0.261. The molecule has 0 atom stereocenters. The van der Waals surface area contributed by atoms with E-state index in [0.717, 1.165) is 12.1 Å². The summed E-state index contributed by atoms with van der Waals surface area (Å²) < 4.78 is 35.7. The molecule has 1 aliphatic heterocycles. The number of phenolic OH excluding ortho intramolecular Hbond substituents is 1. The predicted octanol–water partition coefficient (Wildman–Crippen LogP) is 2.39. The van der Waals surface area contributed by atoms with Gasteiger partial charge in [-0.15, -0.1) is 10.4 Å². The first-order chi connectivity index (χ1) is 17.3. The van der Waals surface area contributed by atoms with Crippen LogP contribution in [0, 0.1) is 30.1 Å². The highest BCUT2D eigenvalue weighted by molar-refractivity contribution is 7.80. The Morgan fingerprint density at radius 2 is 1.92 bits per heavy atom. The molecule has 3 aromatic rings. The van der Waals surface area contributed by atoms with E-state index in [1.165, 1.54) is 23.2 Å². The SMILES string of the molecule is Cc1ccc(C(=O)N2CCN(c3c(F)cc(-n4cc(CNC(=S)OC#N)nn4)cc3F)CC2)cc1O. The summed E-state index contributed by atoms with van der Waals surface area (Å²) in [6, 6.07) is 7.03. The number of halogens is 2. The molecule has 1 aliphatic rings. The molecule has 186 valence electrons. The molecule has 2 aromatic carbocycles. The molecular weight excluding hydrogens is 492 g/mol. The predicted molar refractivity (Wildman–Crippen MR) is 128 cm³/mol. The summed E-state index contributed by atoms with van der Waals surface area (Å²) in [5.74, 6) is -1.76. The fourth-order valence-corrected chi connectivity index (χ4v) is 3.90. The summed E-state index contributed by atoms with van der Waals surface area (Å²) >= 11 is 4.77. The second-order valence-corrected chi connectivity index (χ2v) is 8.40. The molecule has 4 rings (SSSR count). The third-order valence-electron chi connectivity index (χ3n) is 5.70. The number of phenols is 1. The standard InChI is InChI=1S/C23H21F2N7O3S/c1-14-2-3-15(8-20(14)33)22(34)31-6-4-30(5-7-31)21-18(24)9-17(10-19(21)25)32-12-16(28-29-32)11-27-23(36)35-13-26/h2-3,8-10,12,33H,4-7,11H2,1H3,(H,27,36). The second-order valence-electron chi connectivity index (χ2n) is 8.03. The van der Waals surface area contributed by atoms with Crippen molar-refractivity contribution in [2.75, 3.05) is 31.1 Å². The number of amides is 1. The average Bonchev–Trinajstić information content (AvgIpc) is 3.33. The molecule has 0 radical (unpaired) electrons. The van der Waals surface area contributed by atoms with Crippen LogP contribution in [0.25, 0.3) is 5.69 Å². The number of nitrogens with zero attached hydrogens (tertiary/aromatic N) is 6. The lowest BCUT2D eigenvalue weighted by Gasteiger charge is -2.36. The minimum absolute atomic E-state index is 0.0379. The lowest BCUT2D eigenvalue weighted by atomic mass is 10.1. The van der Waals surface area contributed by atoms with E-state index in [1.807, 2.05) is 0 Å². The number of rotatable bonds is 5. The summed E-state index contributed by atoms with van der Waals surface area (Å²) in [4.78, 5) is 15.9.